The van der Waals surface area contributed by atoms with Gasteiger partial charge in [-0.15, -0.1) is 0 Å². The first-order valence-corrected chi connectivity index (χ1v) is 12.4. The van der Waals surface area contributed by atoms with Gasteiger partial charge in [-0.25, -0.2) is 0 Å². The molecule has 6 atom stereocenters. The second-order valence-corrected chi connectivity index (χ2v) is 9.97. The van der Waals surface area contributed by atoms with Gasteiger partial charge in [-0.05, 0) is 92.8 Å². The van der Waals surface area contributed by atoms with Crippen LogP contribution in [0.25, 0.3) is 0 Å². The highest BCUT2D eigenvalue weighted by molar-refractivity contribution is 5.18. The number of unbranched alkanes of at least 4 members (excludes halogenated alkanes) is 3. The summed E-state index contributed by atoms with van der Waals surface area (Å²) in [6, 6.07) is 0. The van der Waals surface area contributed by atoms with Crippen LogP contribution in [0, 0.1) is 35.0 Å². The third-order valence-electron chi connectivity index (χ3n) is 8.97. The number of fused-ring (bicyclic) bond motifs is 5. The standard InChI is InChI=1S/C24H40.C2H6.H3N/c1-3-4-5-6-10-19-13-15-23-22-14-12-18-9-7-8-11-20(18)21(22)16-17-24(19,23)2;1-2;/h12,19-23H,3-11,13-17H2,1-2H3;1-2H3;1H3. The van der Waals surface area contributed by atoms with Gasteiger partial charge in [0, 0.05) is 0 Å². The van der Waals surface area contributed by atoms with Crippen molar-refractivity contribution in [1.29, 1.82) is 0 Å². The van der Waals surface area contributed by atoms with Gasteiger partial charge < -0.3 is 6.15 Å². The zero-order chi connectivity index (χ0) is 18.6. The Kier molecular flexibility index (Phi) is 8.91. The van der Waals surface area contributed by atoms with E-state index in [-0.39, 0.29) is 6.15 Å². The van der Waals surface area contributed by atoms with Crippen LogP contribution in [0.1, 0.15) is 118 Å². The molecule has 0 spiro atoms. The van der Waals surface area contributed by atoms with Crippen molar-refractivity contribution < 1.29 is 0 Å². The molecule has 0 saturated heterocycles. The maximum atomic E-state index is 2.73. The van der Waals surface area contributed by atoms with Crippen molar-refractivity contribution >= 4 is 0 Å². The largest absolute Gasteiger partial charge is 0.344 e. The van der Waals surface area contributed by atoms with E-state index in [0.29, 0.717) is 5.41 Å². The average Bonchev–Trinajstić information content (AvgIpc) is 3.03. The summed E-state index contributed by atoms with van der Waals surface area (Å²) < 4.78 is 0. The predicted octanol–water partition coefficient (Wildman–Crippen LogP) is 8.72. The maximum Gasteiger partial charge on any atom is -0.0172 e. The van der Waals surface area contributed by atoms with E-state index in [9.17, 15) is 0 Å². The van der Waals surface area contributed by atoms with Gasteiger partial charge in [0.1, 0.15) is 0 Å². The van der Waals surface area contributed by atoms with E-state index < -0.39 is 0 Å². The molecule has 6 unspecified atom stereocenters. The molecule has 0 heterocycles. The lowest BCUT2D eigenvalue weighted by Crippen LogP contribution is -2.45. The van der Waals surface area contributed by atoms with Gasteiger partial charge in [0.25, 0.3) is 0 Å². The van der Waals surface area contributed by atoms with Gasteiger partial charge in [0.2, 0.25) is 0 Å². The molecule has 4 rings (SSSR count). The molecule has 27 heavy (non-hydrogen) atoms. The summed E-state index contributed by atoms with van der Waals surface area (Å²) >= 11 is 0. The maximum absolute atomic E-state index is 2.73. The Morgan fingerprint density at radius 2 is 1.78 bits per heavy atom. The minimum atomic E-state index is 0. The van der Waals surface area contributed by atoms with Crippen molar-refractivity contribution in [2.24, 2.45) is 35.0 Å². The fraction of sp³-hybridized carbons (Fsp3) is 0.923. The van der Waals surface area contributed by atoms with Crippen molar-refractivity contribution in [3.05, 3.63) is 11.6 Å². The summed E-state index contributed by atoms with van der Waals surface area (Å²) in [5.41, 5.74) is 2.59. The van der Waals surface area contributed by atoms with Crippen LogP contribution in [0.2, 0.25) is 0 Å². The molecule has 0 aromatic rings. The Morgan fingerprint density at radius 1 is 0.963 bits per heavy atom. The molecule has 0 amide bonds. The first-order valence-electron chi connectivity index (χ1n) is 12.4. The van der Waals surface area contributed by atoms with Crippen molar-refractivity contribution in [2.75, 3.05) is 0 Å². The lowest BCUT2D eigenvalue weighted by Gasteiger charge is -2.53. The van der Waals surface area contributed by atoms with Crippen LogP contribution < -0.4 is 6.15 Å². The predicted molar refractivity (Wildman–Crippen MR) is 120 cm³/mol. The highest BCUT2D eigenvalue weighted by atomic mass is 14.6. The van der Waals surface area contributed by atoms with Crippen LogP contribution in [0.3, 0.4) is 0 Å². The van der Waals surface area contributed by atoms with E-state index in [0.717, 1.165) is 29.6 Å². The van der Waals surface area contributed by atoms with Crippen LogP contribution in [0.4, 0.5) is 0 Å². The van der Waals surface area contributed by atoms with Crippen molar-refractivity contribution in [3.63, 3.8) is 0 Å². The molecule has 3 N–H and O–H groups in total. The van der Waals surface area contributed by atoms with E-state index >= 15 is 0 Å². The summed E-state index contributed by atoms with van der Waals surface area (Å²) in [6.45, 7) is 9.05. The second kappa shape index (κ2) is 10.5. The van der Waals surface area contributed by atoms with Gasteiger partial charge in [0.05, 0.1) is 0 Å². The fourth-order valence-corrected chi connectivity index (χ4v) is 7.65. The molecule has 158 valence electrons. The SMILES string of the molecule is CC.CCCCCCC1CCC2C3CC=C4CCCCC4C3CCC12C.N. The summed E-state index contributed by atoms with van der Waals surface area (Å²) in [7, 11) is 0. The van der Waals surface area contributed by atoms with Crippen LogP contribution in [-0.2, 0) is 0 Å². The van der Waals surface area contributed by atoms with E-state index in [2.05, 4.69) is 19.9 Å². The summed E-state index contributed by atoms with van der Waals surface area (Å²) in [6.07, 6.45) is 23.7. The van der Waals surface area contributed by atoms with E-state index in [1.807, 2.05) is 19.4 Å². The Balaban J connectivity index is 0.000000844. The quantitative estimate of drug-likeness (QED) is 0.378. The molecule has 1 nitrogen and oxygen atoms in total. The van der Waals surface area contributed by atoms with Crippen LogP contribution in [0.5, 0.6) is 0 Å². The smallest absolute Gasteiger partial charge is 0.0172 e. The minimum Gasteiger partial charge on any atom is -0.344 e. The van der Waals surface area contributed by atoms with Crippen LogP contribution >= 0.6 is 0 Å². The van der Waals surface area contributed by atoms with E-state index in [1.54, 1.807) is 25.7 Å². The van der Waals surface area contributed by atoms with Crippen molar-refractivity contribution in [3.8, 4) is 0 Å². The Hall–Kier alpha value is -0.300. The molecule has 0 radical (unpaired) electrons. The fourth-order valence-electron chi connectivity index (χ4n) is 7.65. The zero-order valence-corrected chi connectivity index (χ0v) is 19.1. The highest BCUT2D eigenvalue weighted by Gasteiger charge is 2.55. The third-order valence-corrected chi connectivity index (χ3v) is 8.97. The first-order chi connectivity index (χ1) is 12.7. The van der Waals surface area contributed by atoms with Gasteiger partial charge in [-0.1, -0.05) is 71.4 Å². The minimum absolute atomic E-state index is 0. The van der Waals surface area contributed by atoms with Crippen LogP contribution in [0.15, 0.2) is 11.6 Å². The van der Waals surface area contributed by atoms with Gasteiger partial charge >= 0.3 is 0 Å². The molecule has 0 bridgehead atoms. The van der Waals surface area contributed by atoms with Crippen LogP contribution in [-0.4, -0.2) is 0 Å². The first kappa shape index (κ1) is 23.0. The third kappa shape index (κ3) is 4.49. The Morgan fingerprint density at radius 3 is 2.56 bits per heavy atom. The highest BCUT2D eigenvalue weighted by Crippen LogP contribution is 2.64. The summed E-state index contributed by atoms with van der Waals surface area (Å²) in [5.74, 6) is 5.24. The molecule has 4 aliphatic rings. The molecule has 3 fully saturated rings. The van der Waals surface area contributed by atoms with Gasteiger partial charge in [0.15, 0.2) is 0 Å². The molecule has 0 aromatic carbocycles. The number of hydrogen-bond donors (Lipinski definition) is 1. The van der Waals surface area contributed by atoms with Gasteiger partial charge in [-0.3, -0.25) is 0 Å². The lowest BCUT2D eigenvalue weighted by atomic mass is 9.51. The number of hydrogen-bond acceptors (Lipinski definition) is 1. The lowest BCUT2D eigenvalue weighted by molar-refractivity contribution is -0.0142. The monoisotopic (exact) mass is 375 g/mol. The average molecular weight is 376 g/mol. The zero-order valence-electron chi connectivity index (χ0n) is 19.1. The molecule has 1 heteroatoms. The van der Waals surface area contributed by atoms with E-state index in [4.69, 9.17) is 0 Å². The number of rotatable bonds is 5. The number of allylic oxidation sites excluding steroid dienone is 2. The van der Waals surface area contributed by atoms with Gasteiger partial charge in [-0.2, -0.15) is 0 Å². The topological polar surface area (TPSA) is 35.0 Å². The molecule has 3 saturated carbocycles. The molecule has 4 aliphatic carbocycles. The van der Waals surface area contributed by atoms with Crippen molar-refractivity contribution in [2.45, 2.75) is 118 Å². The Bertz CT molecular complexity index is 467. The molecule has 0 aliphatic heterocycles. The molecule has 0 aromatic heterocycles. The normalized spacial score (nSPS) is 39.7. The Labute approximate surface area is 170 Å². The second-order valence-electron chi connectivity index (χ2n) is 9.97. The van der Waals surface area contributed by atoms with Crippen molar-refractivity contribution in [1.82, 2.24) is 6.15 Å². The van der Waals surface area contributed by atoms with E-state index in [1.165, 1.54) is 64.2 Å². The summed E-state index contributed by atoms with van der Waals surface area (Å²) in [4.78, 5) is 0. The molecular formula is C26H49N. The molecular weight excluding hydrogens is 326 g/mol. The summed E-state index contributed by atoms with van der Waals surface area (Å²) in [5, 5.41) is 0.